The molecule has 7 heteroatoms. The van der Waals surface area contributed by atoms with E-state index in [0.29, 0.717) is 12.2 Å². The molecule has 21 heavy (non-hydrogen) atoms. The molecule has 1 aromatic carbocycles. The number of anilines is 1. The van der Waals surface area contributed by atoms with Crippen LogP contribution in [0.2, 0.25) is 0 Å². The van der Waals surface area contributed by atoms with Gasteiger partial charge in [0.15, 0.2) is 0 Å². The number of carbonyl (C=O) groups is 1. The van der Waals surface area contributed by atoms with Crippen molar-refractivity contribution in [3.63, 3.8) is 0 Å². The summed E-state index contributed by atoms with van der Waals surface area (Å²) < 4.78 is 25.2. The second-order valence-electron chi connectivity index (χ2n) is 5.15. The van der Waals surface area contributed by atoms with Crippen LogP contribution in [0.25, 0.3) is 0 Å². The highest BCUT2D eigenvalue weighted by molar-refractivity contribution is 7.92. The van der Waals surface area contributed by atoms with Gasteiger partial charge in [0, 0.05) is 12.5 Å². The number of carbonyl (C=O) groups excluding carboxylic acids is 1. The average molecular weight is 313 g/mol. The Morgan fingerprint density at radius 1 is 1.24 bits per heavy atom. The van der Waals surface area contributed by atoms with Gasteiger partial charge in [-0.1, -0.05) is 25.1 Å². The Bertz CT molecular complexity index is 587. The van der Waals surface area contributed by atoms with Crippen LogP contribution in [0.4, 0.5) is 5.69 Å². The first kappa shape index (κ1) is 17.5. The predicted molar refractivity (Wildman–Crippen MR) is 84.6 cm³/mol. The van der Waals surface area contributed by atoms with Crippen molar-refractivity contribution in [1.82, 2.24) is 10.6 Å². The smallest absolute Gasteiger partial charge is 0.229 e. The lowest BCUT2D eigenvalue weighted by Crippen LogP contribution is -2.36. The van der Waals surface area contributed by atoms with Gasteiger partial charge < -0.3 is 10.6 Å². The standard InChI is InChI=1S/C14H23N3O3S/c1-10(9-15-3)14(18)16-11(2)12-7-5-6-8-13(12)17-21(4,19)20/h5-8,10-11,15,17H,9H2,1-4H3,(H,16,18). The molecule has 0 heterocycles. The minimum absolute atomic E-state index is 0.0778. The highest BCUT2D eigenvalue weighted by atomic mass is 32.2. The van der Waals surface area contributed by atoms with Crippen LogP contribution in [-0.4, -0.2) is 34.2 Å². The molecule has 0 aromatic heterocycles. The van der Waals surface area contributed by atoms with Crippen molar-refractivity contribution in [3.05, 3.63) is 29.8 Å². The van der Waals surface area contributed by atoms with Crippen molar-refractivity contribution in [1.29, 1.82) is 0 Å². The molecule has 2 unspecified atom stereocenters. The van der Waals surface area contributed by atoms with Crippen LogP contribution in [0.3, 0.4) is 0 Å². The second-order valence-corrected chi connectivity index (χ2v) is 6.90. The summed E-state index contributed by atoms with van der Waals surface area (Å²) in [5.41, 5.74) is 1.21. The van der Waals surface area contributed by atoms with E-state index < -0.39 is 10.0 Å². The molecular weight excluding hydrogens is 290 g/mol. The van der Waals surface area contributed by atoms with Crippen molar-refractivity contribution < 1.29 is 13.2 Å². The van der Waals surface area contributed by atoms with Gasteiger partial charge in [-0.15, -0.1) is 0 Å². The molecule has 1 amide bonds. The minimum atomic E-state index is -3.36. The van der Waals surface area contributed by atoms with Crippen molar-refractivity contribution >= 4 is 21.6 Å². The van der Waals surface area contributed by atoms with Gasteiger partial charge in [-0.3, -0.25) is 9.52 Å². The van der Waals surface area contributed by atoms with E-state index in [4.69, 9.17) is 0 Å². The SMILES string of the molecule is CNCC(C)C(=O)NC(C)c1ccccc1NS(C)(=O)=O. The molecular formula is C14H23N3O3S. The van der Waals surface area contributed by atoms with Gasteiger partial charge in [0.1, 0.15) is 0 Å². The van der Waals surface area contributed by atoms with Crippen LogP contribution in [0.5, 0.6) is 0 Å². The Kier molecular flexibility index (Phi) is 6.17. The van der Waals surface area contributed by atoms with Gasteiger partial charge in [0.2, 0.25) is 15.9 Å². The van der Waals surface area contributed by atoms with Crippen LogP contribution >= 0.6 is 0 Å². The fourth-order valence-corrected chi connectivity index (χ4v) is 2.58. The van der Waals surface area contributed by atoms with Gasteiger partial charge in [-0.2, -0.15) is 0 Å². The van der Waals surface area contributed by atoms with Gasteiger partial charge in [-0.05, 0) is 25.6 Å². The summed E-state index contributed by atoms with van der Waals surface area (Å²) in [6.07, 6.45) is 1.10. The molecule has 2 atom stereocenters. The molecule has 0 aliphatic carbocycles. The number of hydrogen-bond acceptors (Lipinski definition) is 4. The maximum Gasteiger partial charge on any atom is 0.229 e. The first-order chi connectivity index (χ1) is 9.74. The lowest BCUT2D eigenvalue weighted by Gasteiger charge is -2.20. The number of rotatable bonds is 7. The molecule has 0 aliphatic rings. The van der Waals surface area contributed by atoms with Crippen molar-refractivity contribution in [2.75, 3.05) is 24.6 Å². The predicted octanol–water partition coefficient (Wildman–Crippen LogP) is 1.09. The highest BCUT2D eigenvalue weighted by Crippen LogP contribution is 2.23. The molecule has 0 fully saturated rings. The quantitative estimate of drug-likeness (QED) is 0.703. The summed E-state index contributed by atoms with van der Waals surface area (Å²) in [4.78, 5) is 12.0. The fraction of sp³-hybridized carbons (Fsp3) is 0.500. The van der Waals surface area contributed by atoms with E-state index in [-0.39, 0.29) is 17.9 Å². The molecule has 1 rings (SSSR count). The number of benzene rings is 1. The number of amides is 1. The van der Waals surface area contributed by atoms with E-state index in [9.17, 15) is 13.2 Å². The highest BCUT2D eigenvalue weighted by Gasteiger charge is 2.18. The Balaban J connectivity index is 2.87. The van der Waals surface area contributed by atoms with Gasteiger partial charge >= 0.3 is 0 Å². The van der Waals surface area contributed by atoms with Gasteiger partial charge in [-0.25, -0.2) is 8.42 Å². The molecule has 0 spiro atoms. The van der Waals surface area contributed by atoms with E-state index in [1.54, 1.807) is 25.2 Å². The number of para-hydroxylation sites is 1. The van der Waals surface area contributed by atoms with Crippen LogP contribution in [0.1, 0.15) is 25.5 Å². The van der Waals surface area contributed by atoms with E-state index in [2.05, 4.69) is 15.4 Å². The third-order valence-corrected chi connectivity index (χ3v) is 3.63. The summed E-state index contributed by atoms with van der Waals surface area (Å²) in [5.74, 6) is -0.238. The first-order valence-electron chi connectivity index (χ1n) is 6.76. The van der Waals surface area contributed by atoms with Crippen molar-refractivity contribution in [3.8, 4) is 0 Å². The third kappa shape index (κ3) is 5.73. The zero-order valence-electron chi connectivity index (χ0n) is 12.8. The van der Waals surface area contributed by atoms with Gasteiger partial charge in [0.05, 0.1) is 18.0 Å². The third-order valence-electron chi connectivity index (χ3n) is 3.04. The zero-order chi connectivity index (χ0) is 16.0. The zero-order valence-corrected chi connectivity index (χ0v) is 13.6. The number of nitrogens with one attached hydrogen (secondary N) is 3. The van der Waals surface area contributed by atoms with Crippen LogP contribution < -0.4 is 15.4 Å². The van der Waals surface area contributed by atoms with Crippen molar-refractivity contribution in [2.24, 2.45) is 5.92 Å². The molecule has 0 radical (unpaired) electrons. The lowest BCUT2D eigenvalue weighted by molar-refractivity contribution is -0.125. The molecule has 6 nitrogen and oxygen atoms in total. The van der Waals surface area contributed by atoms with Crippen LogP contribution in [-0.2, 0) is 14.8 Å². The summed E-state index contributed by atoms with van der Waals surface area (Å²) in [5, 5.41) is 5.84. The van der Waals surface area contributed by atoms with E-state index >= 15 is 0 Å². The van der Waals surface area contributed by atoms with E-state index in [1.807, 2.05) is 19.9 Å². The van der Waals surface area contributed by atoms with Gasteiger partial charge in [0.25, 0.3) is 0 Å². The maximum atomic E-state index is 12.0. The fourth-order valence-electron chi connectivity index (χ4n) is 2.00. The summed E-state index contributed by atoms with van der Waals surface area (Å²) in [6.45, 7) is 4.24. The lowest BCUT2D eigenvalue weighted by atomic mass is 10.0. The summed E-state index contributed by atoms with van der Waals surface area (Å²) in [7, 11) is -1.57. The van der Waals surface area contributed by atoms with Crippen molar-refractivity contribution in [2.45, 2.75) is 19.9 Å². The molecule has 118 valence electrons. The number of sulfonamides is 1. The molecule has 0 bridgehead atoms. The maximum absolute atomic E-state index is 12.0. The average Bonchev–Trinajstić information content (AvgIpc) is 2.37. The molecule has 3 N–H and O–H groups in total. The normalized spacial score (nSPS) is 14.3. The van der Waals surface area contributed by atoms with Crippen LogP contribution in [0, 0.1) is 5.92 Å². The van der Waals surface area contributed by atoms with E-state index in [1.165, 1.54) is 0 Å². The van der Waals surface area contributed by atoms with Crippen LogP contribution in [0.15, 0.2) is 24.3 Å². The summed E-state index contributed by atoms with van der Waals surface area (Å²) in [6, 6.07) is 6.73. The molecule has 0 saturated carbocycles. The Morgan fingerprint density at radius 3 is 2.43 bits per heavy atom. The first-order valence-corrected chi connectivity index (χ1v) is 8.65. The molecule has 1 aromatic rings. The molecule has 0 saturated heterocycles. The molecule has 0 aliphatic heterocycles. The largest absolute Gasteiger partial charge is 0.349 e. The number of hydrogen-bond donors (Lipinski definition) is 3. The summed E-state index contributed by atoms with van der Waals surface area (Å²) >= 11 is 0. The topological polar surface area (TPSA) is 87.3 Å². The monoisotopic (exact) mass is 313 g/mol. The second kappa shape index (κ2) is 7.42. The Morgan fingerprint density at radius 2 is 1.86 bits per heavy atom. The Labute approximate surface area is 126 Å². The van der Waals surface area contributed by atoms with E-state index in [0.717, 1.165) is 11.8 Å². The minimum Gasteiger partial charge on any atom is -0.349 e. The Hall–Kier alpha value is -1.60.